The van der Waals surface area contributed by atoms with Crippen LogP contribution in [0.3, 0.4) is 0 Å². The Labute approximate surface area is 111 Å². The lowest BCUT2D eigenvalue weighted by Crippen LogP contribution is -2.18. The topological polar surface area (TPSA) is 57.2 Å². The molecule has 0 atom stereocenters. The van der Waals surface area contributed by atoms with E-state index >= 15 is 0 Å². The highest BCUT2D eigenvalue weighted by molar-refractivity contribution is 6.00. The van der Waals surface area contributed by atoms with Crippen molar-refractivity contribution in [3.8, 4) is 0 Å². The second kappa shape index (κ2) is 4.88. The number of carbonyl (C=O) groups excluding carboxylic acids is 1. The van der Waals surface area contributed by atoms with Gasteiger partial charge in [0.1, 0.15) is 0 Å². The molecule has 1 aromatic heterocycles. The van der Waals surface area contributed by atoms with Gasteiger partial charge in [0.05, 0.1) is 6.21 Å². The molecule has 1 fully saturated rings. The molecular formula is C15H17N3O. The fourth-order valence-electron chi connectivity index (χ4n) is 2.24. The van der Waals surface area contributed by atoms with Crippen LogP contribution in [0.25, 0.3) is 10.9 Å². The highest BCUT2D eigenvalue weighted by atomic mass is 16.2. The summed E-state index contributed by atoms with van der Waals surface area (Å²) < 4.78 is 0. The molecule has 0 saturated heterocycles. The van der Waals surface area contributed by atoms with E-state index in [1.165, 1.54) is 5.56 Å². The molecular weight excluding hydrogens is 238 g/mol. The Morgan fingerprint density at radius 3 is 3.11 bits per heavy atom. The third-order valence-corrected chi connectivity index (χ3v) is 3.54. The van der Waals surface area contributed by atoms with Gasteiger partial charge < -0.3 is 4.98 Å². The molecule has 4 heteroatoms. The van der Waals surface area contributed by atoms with E-state index in [4.69, 9.17) is 0 Å². The number of hydrazone groups is 1. The maximum atomic E-state index is 11.5. The molecule has 1 aliphatic carbocycles. The van der Waals surface area contributed by atoms with Gasteiger partial charge in [-0.15, -0.1) is 0 Å². The summed E-state index contributed by atoms with van der Waals surface area (Å²) >= 11 is 0. The van der Waals surface area contributed by atoms with Crippen molar-refractivity contribution in [2.45, 2.75) is 26.2 Å². The minimum absolute atomic E-state index is 0.0327. The molecule has 1 amide bonds. The number of nitrogens with zero attached hydrogens (tertiary/aromatic N) is 1. The van der Waals surface area contributed by atoms with Crippen LogP contribution in [0.2, 0.25) is 0 Å². The second-order valence-corrected chi connectivity index (χ2v) is 4.95. The molecule has 4 nitrogen and oxygen atoms in total. The largest absolute Gasteiger partial charge is 0.360 e. The summed E-state index contributed by atoms with van der Waals surface area (Å²) in [6, 6.07) is 6.23. The quantitative estimate of drug-likeness (QED) is 0.640. The SMILES string of the molecule is CCc1cccc2c(/C=N\NC(=O)C3CC3)c[nH]c12. The predicted molar refractivity (Wildman–Crippen MR) is 76.1 cm³/mol. The summed E-state index contributed by atoms with van der Waals surface area (Å²) in [5, 5.41) is 5.18. The number of hydrogen-bond acceptors (Lipinski definition) is 2. The summed E-state index contributed by atoms with van der Waals surface area (Å²) in [7, 11) is 0. The van der Waals surface area contributed by atoms with Crippen molar-refractivity contribution in [1.29, 1.82) is 0 Å². The number of benzene rings is 1. The highest BCUT2D eigenvalue weighted by Gasteiger charge is 2.29. The number of para-hydroxylation sites is 1. The first kappa shape index (κ1) is 12.0. The van der Waals surface area contributed by atoms with Crippen molar-refractivity contribution in [2.24, 2.45) is 11.0 Å². The van der Waals surface area contributed by atoms with Gasteiger partial charge in [-0.2, -0.15) is 5.10 Å². The zero-order valence-corrected chi connectivity index (χ0v) is 10.9. The maximum Gasteiger partial charge on any atom is 0.243 e. The van der Waals surface area contributed by atoms with E-state index in [1.807, 2.05) is 6.20 Å². The Morgan fingerprint density at radius 2 is 2.37 bits per heavy atom. The van der Waals surface area contributed by atoms with Crippen LogP contribution in [0.15, 0.2) is 29.5 Å². The number of H-pyrrole nitrogens is 1. The van der Waals surface area contributed by atoms with Gasteiger partial charge in [-0.1, -0.05) is 25.1 Å². The van der Waals surface area contributed by atoms with Crippen molar-refractivity contribution >= 4 is 23.0 Å². The molecule has 0 unspecified atom stereocenters. The number of aromatic amines is 1. The van der Waals surface area contributed by atoms with Gasteiger partial charge in [0.25, 0.3) is 0 Å². The first-order chi connectivity index (χ1) is 9.29. The first-order valence-corrected chi connectivity index (χ1v) is 6.71. The molecule has 3 rings (SSSR count). The van der Waals surface area contributed by atoms with E-state index in [1.54, 1.807) is 6.21 Å². The Bertz CT molecular complexity index is 638. The molecule has 0 radical (unpaired) electrons. The van der Waals surface area contributed by atoms with Crippen molar-refractivity contribution in [1.82, 2.24) is 10.4 Å². The molecule has 1 heterocycles. The Hall–Kier alpha value is -2.10. The Morgan fingerprint density at radius 1 is 1.53 bits per heavy atom. The van der Waals surface area contributed by atoms with E-state index in [-0.39, 0.29) is 11.8 Å². The van der Waals surface area contributed by atoms with E-state index in [2.05, 4.69) is 40.6 Å². The zero-order valence-electron chi connectivity index (χ0n) is 10.9. The molecule has 1 aromatic carbocycles. The van der Waals surface area contributed by atoms with Crippen LogP contribution in [-0.2, 0) is 11.2 Å². The lowest BCUT2D eigenvalue weighted by molar-refractivity contribution is -0.122. The number of hydrogen-bond donors (Lipinski definition) is 2. The molecule has 2 N–H and O–H groups in total. The molecule has 19 heavy (non-hydrogen) atoms. The van der Waals surface area contributed by atoms with Gasteiger partial charge in [-0.3, -0.25) is 4.79 Å². The second-order valence-electron chi connectivity index (χ2n) is 4.95. The number of nitrogens with one attached hydrogen (secondary N) is 2. The van der Waals surface area contributed by atoms with E-state index < -0.39 is 0 Å². The molecule has 1 saturated carbocycles. The van der Waals surface area contributed by atoms with Crippen LogP contribution >= 0.6 is 0 Å². The van der Waals surface area contributed by atoms with Crippen LogP contribution in [0, 0.1) is 5.92 Å². The van der Waals surface area contributed by atoms with Gasteiger partial charge >= 0.3 is 0 Å². The molecule has 0 spiro atoms. The minimum atomic E-state index is 0.0327. The lowest BCUT2D eigenvalue weighted by Gasteiger charge is -1.99. The predicted octanol–water partition coefficient (Wildman–Crippen LogP) is 2.59. The van der Waals surface area contributed by atoms with Crippen LogP contribution < -0.4 is 5.43 Å². The third kappa shape index (κ3) is 2.38. The van der Waals surface area contributed by atoms with Crippen molar-refractivity contribution in [2.75, 3.05) is 0 Å². The smallest absolute Gasteiger partial charge is 0.243 e. The fourth-order valence-corrected chi connectivity index (χ4v) is 2.24. The van der Waals surface area contributed by atoms with Crippen LogP contribution in [0.4, 0.5) is 0 Å². The average molecular weight is 255 g/mol. The number of fused-ring (bicyclic) bond motifs is 1. The summed E-state index contributed by atoms with van der Waals surface area (Å²) in [6.45, 7) is 2.14. The van der Waals surface area contributed by atoms with Crippen molar-refractivity contribution in [3.63, 3.8) is 0 Å². The number of aromatic nitrogens is 1. The molecule has 98 valence electrons. The van der Waals surface area contributed by atoms with Crippen molar-refractivity contribution in [3.05, 3.63) is 35.5 Å². The minimum Gasteiger partial charge on any atom is -0.360 e. The lowest BCUT2D eigenvalue weighted by atomic mass is 10.1. The standard InChI is InChI=1S/C15H17N3O/c1-2-10-4-3-5-13-12(8-16-14(10)13)9-17-18-15(19)11-6-7-11/h3-5,8-9,11,16H,2,6-7H2,1H3,(H,18,19)/b17-9-. The molecule has 0 bridgehead atoms. The highest BCUT2D eigenvalue weighted by Crippen LogP contribution is 2.28. The van der Waals surface area contributed by atoms with Gasteiger partial charge in [-0.05, 0) is 24.8 Å². The van der Waals surface area contributed by atoms with E-state index in [0.29, 0.717) is 0 Å². The Kier molecular flexibility index (Phi) is 3.07. The third-order valence-electron chi connectivity index (χ3n) is 3.54. The van der Waals surface area contributed by atoms with E-state index in [9.17, 15) is 4.79 Å². The summed E-state index contributed by atoms with van der Waals surface area (Å²) in [6.07, 6.45) is 6.62. The number of carbonyl (C=O) groups is 1. The van der Waals surface area contributed by atoms with E-state index in [0.717, 1.165) is 35.7 Å². The van der Waals surface area contributed by atoms with Gasteiger partial charge in [-0.25, -0.2) is 5.43 Å². The molecule has 2 aromatic rings. The van der Waals surface area contributed by atoms with Gasteiger partial charge in [0.15, 0.2) is 0 Å². The fraction of sp³-hybridized carbons (Fsp3) is 0.333. The first-order valence-electron chi connectivity index (χ1n) is 6.71. The number of rotatable bonds is 4. The summed E-state index contributed by atoms with van der Waals surface area (Å²) in [4.78, 5) is 14.7. The summed E-state index contributed by atoms with van der Waals surface area (Å²) in [5.74, 6) is 0.220. The maximum absolute atomic E-state index is 11.5. The van der Waals surface area contributed by atoms with Crippen LogP contribution in [-0.4, -0.2) is 17.1 Å². The number of amides is 1. The monoisotopic (exact) mass is 255 g/mol. The molecule has 0 aliphatic heterocycles. The summed E-state index contributed by atoms with van der Waals surface area (Å²) in [5.41, 5.74) is 6.04. The average Bonchev–Trinajstić information content (AvgIpc) is 3.20. The zero-order chi connectivity index (χ0) is 13.2. The van der Waals surface area contributed by atoms with Crippen LogP contribution in [0.5, 0.6) is 0 Å². The van der Waals surface area contributed by atoms with Crippen molar-refractivity contribution < 1.29 is 4.79 Å². The Balaban J connectivity index is 1.80. The van der Waals surface area contributed by atoms with Gasteiger partial charge in [0.2, 0.25) is 5.91 Å². The number of aryl methyl sites for hydroxylation is 1. The van der Waals surface area contributed by atoms with Crippen LogP contribution in [0.1, 0.15) is 30.9 Å². The van der Waals surface area contributed by atoms with Gasteiger partial charge in [0, 0.05) is 28.6 Å². The molecule has 1 aliphatic rings. The normalized spacial score (nSPS) is 15.2.